The number of carbonyl (C=O) groups excluding carboxylic acids is 2. The lowest BCUT2D eigenvalue weighted by Gasteiger charge is -2.42. The molecule has 5 heterocycles. The van der Waals surface area contributed by atoms with E-state index in [0.717, 1.165) is 11.3 Å². The van der Waals surface area contributed by atoms with Crippen molar-refractivity contribution in [3.8, 4) is 28.9 Å². The highest BCUT2D eigenvalue weighted by Gasteiger charge is 2.33. The molecule has 1 N–H and O–H groups in total. The van der Waals surface area contributed by atoms with Crippen LogP contribution in [-0.2, 0) is 16.0 Å². The molecule has 1 fully saturated rings. The van der Waals surface area contributed by atoms with Gasteiger partial charge in [0.2, 0.25) is 24.6 Å². The molecule has 1 saturated heterocycles. The van der Waals surface area contributed by atoms with Crippen molar-refractivity contribution in [1.29, 1.82) is 0 Å². The summed E-state index contributed by atoms with van der Waals surface area (Å²) in [6.07, 6.45) is 5.16. The van der Waals surface area contributed by atoms with E-state index in [-0.39, 0.29) is 43.6 Å². The number of amides is 2. The lowest BCUT2D eigenvalue weighted by Crippen LogP contribution is -2.57. The maximum absolute atomic E-state index is 13.5. The molecule has 13 heteroatoms. The van der Waals surface area contributed by atoms with Crippen LogP contribution >= 0.6 is 0 Å². The number of nitrogens with zero attached hydrogens (tertiary/aromatic N) is 6. The van der Waals surface area contributed by atoms with E-state index in [4.69, 9.17) is 23.9 Å². The molecule has 0 bridgehead atoms. The molecule has 3 aliphatic heterocycles. The minimum atomic E-state index is -0.325. The topological polar surface area (TPSA) is 133 Å². The molecule has 0 aliphatic carbocycles. The number of imidazole rings is 1. The molecule has 2 atom stereocenters. The van der Waals surface area contributed by atoms with Crippen molar-refractivity contribution in [2.24, 2.45) is 0 Å². The Morgan fingerprint density at radius 1 is 0.978 bits per heavy atom. The van der Waals surface area contributed by atoms with Crippen molar-refractivity contribution in [2.75, 3.05) is 44.5 Å². The van der Waals surface area contributed by atoms with Crippen LogP contribution in [0.25, 0.3) is 5.95 Å². The van der Waals surface area contributed by atoms with Crippen LogP contribution in [0.1, 0.15) is 17.7 Å². The summed E-state index contributed by atoms with van der Waals surface area (Å²) in [4.78, 5) is 44.3. The Morgan fingerprint density at radius 3 is 2.69 bits per heavy atom. The van der Waals surface area contributed by atoms with Gasteiger partial charge in [-0.1, -0.05) is 18.2 Å². The highest BCUT2D eigenvalue weighted by atomic mass is 16.7. The van der Waals surface area contributed by atoms with Crippen LogP contribution in [0.5, 0.6) is 23.0 Å². The van der Waals surface area contributed by atoms with Gasteiger partial charge in [-0.3, -0.25) is 14.2 Å². The largest absolute Gasteiger partial charge is 0.486 e. The number of ether oxygens (including phenoxy) is 4. The number of hydrogen-bond acceptors (Lipinski definition) is 10. The van der Waals surface area contributed by atoms with Crippen molar-refractivity contribution >= 4 is 17.6 Å². The average molecular weight is 612 g/mol. The minimum Gasteiger partial charge on any atom is -0.486 e. The molecule has 7 rings (SSSR count). The Morgan fingerprint density at radius 2 is 1.82 bits per heavy atom. The van der Waals surface area contributed by atoms with E-state index in [9.17, 15) is 9.59 Å². The average Bonchev–Trinajstić information content (AvgIpc) is 3.76. The van der Waals surface area contributed by atoms with E-state index in [1.54, 1.807) is 23.3 Å². The van der Waals surface area contributed by atoms with E-state index in [1.807, 2.05) is 60.4 Å². The van der Waals surface area contributed by atoms with Crippen molar-refractivity contribution in [1.82, 2.24) is 29.7 Å². The van der Waals surface area contributed by atoms with Crippen LogP contribution in [-0.4, -0.2) is 88.0 Å². The van der Waals surface area contributed by atoms with Gasteiger partial charge in [-0.25, -0.2) is 9.97 Å². The summed E-state index contributed by atoms with van der Waals surface area (Å²) in [5.41, 5.74) is 1.62. The molecular weight excluding hydrogens is 578 g/mol. The molecule has 0 radical (unpaired) electrons. The van der Waals surface area contributed by atoms with E-state index in [1.165, 1.54) is 0 Å². The number of para-hydroxylation sites is 2. The maximum atomic E-state index is 13.5. The summed E-state index contributed by atoms with van der Waals surface area (Å²) in [5.74, 6) is 3.67. The Bertz CT molecular complexity index is 1700. The molecule has 232 valence electrons. The number of hydrogen-bond donors (Lipinski definition) is 1. The van der Waals surface area contributed by atoms with Gasteiger partial charge in [-0.15, -0.1) is 0 Å². The highest BCUT2D eigenvalue weighted by Crippen LogP contribution is 2.33. The first kappa shape index (κ1) is 28.4. The third-order valence-corrected chi connectivity index (χ3v) is 8.00. The molecule has 4 aromatic rings. The molecule has 2 amide bonds. The molecule has 13 nitrogen and oxygen atoms in total. The van der Waals surface area contributed by atoms with Gasteiger partial charge in [0.15, 0.2) is 23.0 Å². The lowest BCUT2D eigenvalue weighted by atomic mass is 10.1. The Hall–Kier alpha value is -5.33. The fourth-order valence-electron chi connectivity index (χ4n) is 5.75. The second kappa shape index (κ2) is 12.3. The molecule has 2 unspecified atom stereocenters. The molecule has 0 saturated carbocycles. The third-order valence-electron chi connectivity index (χ3n) is 8.00. The third kappa shape index (κ3) is 6.33. The molecule has 0 spiro atoms. The van der Waals surface area contributed by atoms with Gasteiger partial charge in [0.25, 0.3) is 0 Å². The smallest absolute Gasteiger partial charge is 0.237 e. The molecule has 2 aromatic carbocycles. The summed E-state index contributed by atoms with van der Waals surface area (Å²) < 4.78 is 24.4. The Labute approximate surface area is 259 Å². The SMILES string of the molecule is Cc1cc(N2CCN(C(=O)Cc3ccc4c(c3)OCO4)CC2CC(=O)NCC2COc3ccccc3O2)nc(-n2ccnc2)n1. The van der Waals surface area contributed by atoms with Crippen molar-refractivity contribution in [2.45, 2.75) is 31.9 Å². The molecular formula is C32H33N7O6. The van der Waals surface area contributed by atoms with Gasteiger partial charge in [-0.05, 0) is 36.8 Å². The molecule has 3 aliphatic rings. The van der Waals surface area contributed by atoms with Gasteiger partial charge in [0.05, 0.1) is 19.0 Å². The van der Waals surface area contributed by atoms with Crippen LogP contribution < -0.4 is 29.2 Å². The second-order valence-corrected chi connectivity index (χ2v) is 11.2. The van der Waals surface area contributed by atoms with Gasteiger partial charge >= 0.3 is 0 Å². The number of fused-ring (bicyclic) bond motifs is 2. The number of piperazine rings is 1. The number of nitrogens with one attached hydrogen (secondary N) is 1. The number of carbonyl (C=O) groups is 2. The minimum absolute atomic E-state index is 0.0247. The fourth-order valence-corrected chi connectivity index (χ4v) is 5.75. The lowest BCUT2D eigenvalue weighted by molar-refractivity contribution is -0.132. The quantitative estimate of drug-likeness (QED) is 0.317. The summed E-state index contributed by atoms with van der Waals surface area (Å²) >= 11 is 0. The Balaban J connectivity index is 1.06. The zero-order chi connectivity index (χ0) is 30.8. The zero-order valence-corrected chi connectivity index (χ0v) is 24.8. The van der Waals surface area contributed by atoms with Gasteiger partial charge in [0, 0.05) is 50.2 Å². The first-order valence-corrected chi connectivity index (χ1v) is 14.9. The van der Waals surface area contributed by atoms with Crippen LogP contribution in [0.4, 0.5) is 5.82 Å². The monoisotopic (exact) mass is 611 g/mol. The molecule has 45 heavy (non-hydrogen) atoms. The Kier molecular flexibility index (Phi) is 7.80. The van der Waals surface area contributed by atoms with Crippen molar-refractivity contribution < 1.29 is 28.5 Å². The van der Waals surface area contributed by atoms with Crippen LogP contribution in [0.3, 0.4) is 0 Å². The predicted octanol–water partition coefficient (Wildman–Crippen LogP) is 2.31. The van der Waals surface area contributed by atoms with E-state index >= 15 is 0 Å². The summed E-state index contributed by atoms with van der Waals surface area (Å²) in [7, 11) is 0. The number of anilines is 1. The fraction of sp³-hybridized carbons (Fsp3) is 0.344. The number of rotatable bonds is 8. The van der Waals surface area contributed by atoms with Gasteiger partial charge < -0.3 is 34.1 Å². The van der Waals surface area contributed by atoms with E-state index in [0.29, 0.717) is 67.6 Å². The number of aryl methyl sites for hydroxylation is 1. The first-order valence-electron chi connectivity index (χ1n) is 14.9. The standard InChI is InChI=1S/C32H33N7O6/c1-21-12-29(36-32(35-21)38-9-8-33-19-38)39-11-10-37(31(41)14-22-6-7-26-28(13-22)44-20-43-26)17-23(39)15-30(40)34-16-24-18-42-25-4-2-3-5-27(25)45-24/h2-9,12-13,19,23-24H,10-11,14-18,20H2,1H3,(H,34,40). The van der Waals surface area contributed by atoms with E-state index in [2.05, 4.69) is 20.2 Å². The second-order valence-electron chi connectivity index (χ2n) is 11.2. The summed E-state index contributed by atoms with van der Waals surface area (Å²) in [6, 6.07) is 14.6. The zero-order valence-electron chi connectivity index (χ0n) is 24.8. The van der Waals surface area contributed by atoms with Gasteiger partial charge in [0.1, 0.15) is 24.9 Å². The van der Waals surface area contributed by atoms with Crippen LogP contribution in [0, 0.1) is 6.92 Å². The van der Waals surface area contributed by atoms with Crippen molar-refractivity contribution in [3.05, 3.63) is 78.5 Å². The maximum Gasteiger partial charge on any atom is 0.237 e. The predicted molar refractivity (Wildman–Crippen MR) is 162 cm³/mol. The van der Waals surface area contributed by atoms with Crippen LogP contribution in [0.15, 0.2) is 67.3 Å². The van der Waals surface area contributed by atoms with Gasteiger partial charge in [-0.2, -0.15) is 4.98 Å². The summed E-state index contributed by atoms with van der Waals surface area (Å²) in [5, 5.41) is 3.01. The highest BCUT2D eigenvalue weighted by molar-refractivity contribution is 5.80. The van der Waals surface area contributed by atoms with E-state index < -0.39 is 0 Å². The van der Waals surface area contributed by atoms with Crippen LogP contribution in [0.2, 0.25) is 0 Å². The molecule has 2 aromatic heterocycles. The first-order chi connectivity index (χ1) is 22.0. The normalized spacial score (nSPS) is 18.5. The summed E-state index contributed by atoms with van der Waals surface area (Å²) in [6.45, 7) is 4.06. The van der Waals surface area contributed by atoms with Crippen molar-refractivity contribution in [3.63, 3.8) is 0 Å². The number of aromatic nitrogens is 4. The number of benzene rings is 2.